The van der Waals surface area contributed by atoms with E-state index >= 15 is 0 Å². The van der Waals surface area contributed by atoms with Crippen molar-refractivity contribution in [2.24, 2.45) is 5.29 Å². The molecule has 0 saturated carbocycles. The number of benzene rings is 1. The van der Waals surface area contributed by atoms with Crippen LogP contribution in [0.25, 0.3) is 0 Å². The summed E-state index contributed by atoms with van der Waals surface area (Å²) in [5, 5.41) is 4.54. The van der Waals surface area contributed by atoms with Crippen LogP contribution in [0.15, 0.2) is 35.6 Å². The topological polar surface area (TPSA) is 32.7 Å². The Morgan fingerprint density at radius 2 is 2.08 bits per heavy atom. The van der Waals surface area contributed by atoms with E-state index in [1.54, 1.807) is 5.01 Å². The summed E-state index contributed by atoms with van der Waals surface area (Å²) in [5.74, 6) is 0.485. The molecule has 0 aliphatic carbocycles. The average Bonchev–Trinajstić information content (AvgIpc) is 2.67. The van der Waals surface area contributed by atoms with E-state index in [1.807, 2.05) is 18.2 Å². The van der Waals surface area contributed by atoms with E-state index in [-0.39, 0.29) is 0 Å². The molecule has 0 spiro atoms. The van der Waals surface area contributed by atoms with Crippen molar-refractivity contribution in [3.63, 3.8) is 0 Å². The molecule has 0 radical (unpaired) electrons. The Morgan fingerprint density at radius 1 is 1.31 bits per heavy atom. The molecule has 1 atom stereocenters. The maximum absolute atomic E-state index is 10.3. The molecule has 1 aliphatic rings. The standard InChI is InChI=1S/C10H12N2O/c13-11-12-7-6-10(8-12)9-4-2-1-3-5-9/h1-5,10H,6-8H2/t10-/m1/s1. The lowest BCUT2D eigenvalue weighted by atomic mass is 9.99. The average molecular weight is 176 g/mol. The van der Waals surface area contributed by atoms with E-state index in [4.69, 9.17) is 0 Å². The van der Waals surface area contributed by atoms with Crippen LogP contribution in [0.4, 0.5) is 0 Å². The third-order valence-electron chi connectivity index (χ3n) is 2.55. The number of nitrogens with zero attached hydrogens (tertiary/aromatic N) is 2. The number of nitroso groups, excluding NO2 is 1. The Labute approximate surface area is 77.3 Å². The lowest BCUT2D eigenvalue weighted by Crippen LogP contribution is -2.11. The second kappa shape index (κ2) is 3.56. The predicted molar refractivity (Wildman–Crippen MR) is 51.2 cm³/mol. The zero-order valence-electron chi connectivity index (χ0n) is 7.39. The van der Waals surface area contributed by atoms with Gasteiger partial charge in [0.25, 0.3) is 0 Å². The van der Waals surface area contributed by atoms with Crippen LogP contribution < -0.4 is 0 Å². The molecule has 1 aliphatic heterocycles. The Morgan fingerprint density at radius 3 is 2.69 bits per heavy atom. The van der Waals surface area contributed by atoms with Crippen LogP contribution in [0.1, 0.15) is 17.9 Å². The van der Waals surface area contributed by atoms with Crippen LogP contribution >= 0.6 is 0 Å². The van der Waals surface area contributed by atoms with Gasteiger partial charge in [0.1, 0.15) is 0 Å². The quantitative estimate of drug-likeness (QED) is 0.647. The third kappa shape index (κ3) is 1.69. The van der Waals surface area contributed by atoms with Crippen LogP contribution in [0.5, 0.6) is 0 Å². The molecule has 0 amide bonds. The minimum Gasteiger partial charge on any atom is -0.260 e. The Kier molecular flexibility index (Phi) is 2.25. The van der Waals surface area contributed by atoms with Crippen molar-refractivity contribution in [3.05, 3.63) is 40.8 Å². The van der Waals surface area contributed by atoms with E-state index in [9.17, 15) is 4.91 Å². The second-order valence-electron chi connectivity index (χ2n) is 3.39. The molecule has 13 heavy (non-hydrogen) atoms. The lowest BCUT2D eigenvalue weighted by molar-refractivity contribution is 0.350. The third-order valence-corrected chi connectivity index (χ3v) is 2.55. The van der Waals surface area contributed by atoms with E-state index < -0.39 is 0 Å². The molecule has 1 saturated heterocycles. The second-order valence-corrected chi connectivity index (χ2v) is 3.39. The van der Waals surface area contributed by atoms with Gasteiger partial charge in [-0.3, -0.25) is 5.01 Å². The molecule has 2 rings (SSSR count). The molecule has 1 aromatic carbocycles. The predicted octanol–water partition coefficient (Wildman–Crippen LogP) is 2.16. The molecule has 1 heterocycles. The molecule has 3 nitrogen and oxygen atoms in total. The maximum Gasteiger partial charge on any atom is 0.0524 e. The number of hydrogen-bond acceptors (Lipinski definition) is 2. The highest BCUT2D eigenvalue weighted by molar-refractivity contribution is 5.20. The van der Waals surface area contributed by atoms with Gasteiger partial charge in [0.05, 0.1) is 5.29 Å². The minimum atomic E-state index is 0.485. The zero-order chi connectivity index (χ0) is 9.10. The van der Waals surface area contributed by atoms with Gasteiger partial charge in [-0.1, -0.05) is 30.3 Å². The zero-order valence-corrected chi connectivity index (χ0v) is 7.39. The normalized spacial score (nSPS) is 21.8. The fraction of sp³-hybridized carbons (Fsp3) is 0.400. The Bertz CT molecular complexity index is 286. The van der Waals surface area contributed by atoms with Gasteiger partial charge in [0, 0.05) is 19.0 Å². The fourth-order valence-corrected chi connectivity index (χ4v) is 1.81. The van der Waals surface area contributed by atoms with Crippen molar-refractivity contribution >= 4 is 0 Å². The highest BCUT2D eigenvalue weighted by Gasteiger charge is 2.23. The molecule has 0 bridgehead atoms. The molecular weight excluding hydrogens is 164 g/mol. The van der Waals surface area contributed by atoms with Crippen molar-refractivity contribution in [3.8, 4) is 0 Å². The van der Waals surface area contributed by atoms with E-state index in [2.05, 4.69) is 17.4 Å². The fourth-order valence-electron chi connectivity index (χ4n) is 1.81. The summed E-state index contributed by atoms with van der Waals surface area (Å²) in [6.45, 7) is 1.57. The highest BCUT2D eigenvalue weighted by atomic mass is 16.3. The van der Waals surface area contributed by atoms with Crippen LogP contribution in [0.3, 0.4) is 0 Å². The molecule has 68 valence electrons. The van der Waals surface area contributed by atoms with E-state index in [0.29, 0.717) is 5.92 Å². The minimum absolute atomic E-state index is 0.485. The highest BCUT2D eigenvalue weighted by Crippen LogP contribution is 2.26. The van der Waals surface area contributed by atoms with Gasteiger partial charge in [-0.2, -0.15) is 0 Å². The summed E-state index contributed by atoms with van der Waals surface area (Å²) in [7, 11) is 0. The van der Waals surface area contributed by atoms with Crippen LogP contribution in [0.2, 0.25) is 0 Å². The SMILES string of the molecule is O=NN1CC[C@@H](c2ccccc2)C1. The lowest BCUT2D eigenvalue weighted by Gasteiger charge is -2.08. The van der Waals surface area contributed by atoms with Gasteiger partial charge in [0.15, 0.2) is 0 Å². The van der Waals surface area contributed by atoms with Crippen molar-refractivity contribution in [2.45, 2.75) is 12.3 Å². The molecule has 0 unspecified atom stereocenters. The van der Waals surface area contributed by atoms with Crippen LogP contribution in [-0.2, 0) is 0 Å². The van der Waals surface area contributed by atoms with E-state index in [0.717, 1.165) is 19.5 Å². The summed E-state index contributed by atoms with van der Waals surface area (Å²) in [6, 6.07) is 10.3. The monoisotopic (exact) mass is 176 g/mol. The number of hydrogen-bond donors (Lipinski definition) is 0. The molecule has 3 heteroatoms. The van der Waals surface area contributed by atoms with Gasteiger partial charge in [-0.15, -0.1) is 4.91 Å². The van der Waals surface area contributed by atoms with Gasteiger partial charge in [0.2, 0.25) is 0 Å². The molecule has 1 fully saturated rings. The van der Waals surface area contributed by atoms with Crippen molar-refractivity contribution in [1.29, 1.82) is 0 Å². The molecular formula is C10H12N2O. The van der Waals surface area contributed by atoms with Crippen LogP contribution in [-0.4, -0.2) is 18.1 Å². The summed E-state index contributed by atoms with van der Waals surface area (Å²) in [5.41, 5.74) is 1.31. The first-order chi connectivity index (χ1) is 6.40. The number of rotatable bonds is 2. The molecule has 0 N–H and O–H groups in total. The Balaban J connectivity index is 2.08. The molecule has 0 aromatic heterocycles. The van der Waals surface area contributed by atoms with Crippen molar-refractivity contribution in [2.75, 3.05) is 13.1 Å². The Hall–Kier alpha value is -1.38. The van der Waals surface area contributed by atoms with Gasteiger partial charge in [-0.05, 0) is 12.0 Å². The van der Waals surface area contributed by atoms with Gasteiger partial charge >= 0.3 is 0 Å². The first-order valence-electron chi connectivity index (χ1n) is 4.53. The van der Waals surface area contributed by atoms with Crippen molar-refractivity contribution in [1.82, 2.24) is 5.01 Å². The first kappa shape index (κ1) is 8.23. The summed E-state index contributed by atoms with van der Waals surface area (Å²) >= 11 is 0. The van der Waals surface area contributed by atoms with Crippen molar-refractivity contribution < 1.29 is 0 Å². The van der Waals surface area contributed by atoms with Gasteiger partial charge in [-0.25, -0.2) is 0 Å². The first-order valence-corrected chi connectivity index (χ1v) is 4.53. The van der Waals surface area contributed by atoms with Gasteiger partial charge < -0.3 is 0 Å². The largest absolute Gasteiger partial charge is 0.260 e. The smallest absolute Gasteiger partial charge is 0.0524 e. The van der Waals surface area contributed by atoms with Crippen LogP contribution in [0, 0.1) is 4.91 Å². The summed E-state index contributed by atoms with van der Waals surface area (Å²) in [4.78, 5) is 10.3. The summed E-state index contributed by atoms with van der Waals surface area (Å²) in [6.07, 6.45) is 1.04. The molecule has 1 aromatic rings. The maximum atomic E-state index is 10.3. The summed E-state index contributed by atoms with van der Waals surface area (Å²) < 4.78 is 0. The van der Waals surface area contributed by atoms with E-state index in [1.165, 1.54) is 5.56 Å².